The van der Waals surface area contributed by atoms with Crippen molar-refractivity contribution in [3.05, 3.63) is 34.0 Å². The largest absolute Gasteiger partial charge is 0.142 e. The van der Waals surface area contributed by atoms with E-state index in [1.807, 2.05) is 0 Å². The lowest BCUT2D eigenvalue weighted by Crippen LogP contribution is -1.99. The van der Waals surface area contributed by atoms with Crippen LogP contribution in [0.3, 0.4) is 0 Å². The molecule has 0 aliphatic carbocycles. The lowest BCUT2D eigenvalue weighted by atomic mass is 10.4. The highest BCUT2D eigenvalue weighted by atomic mass is 35.7. The molecule has 0 spiro atoms. The van der Waals surface area contributed by atoms with Crippen LogP contribution in [0.4, 0.5) is 0 Å². The van der Waals surface area contributed by atoms with Crippen molar-refractivity contribution in [2.45, 2.75) is 13.8 Å². The Kier molecular flexibility index (Phi) is 3.28. The van der Waals surface area contributed by atoms with Crippen LogP contribution in [-0.4, -0.2) is 0 Å². The van der Waals surface area contributed by atoms with E-state index in [1.54, 1.807) is 22.7 Å². The summed E-state index contributed by atoms with van der Waals surface area (Å²) in [6, 6.07) is 4.39. The number of hydrogen-bond donors (Lipinski definition) is 0. The minimum Gasteiger partial charge on any atom is -0.142 e. The standard InChI is InChI=1S/C10H10ClPS2/c1-7-3-9(13-5-7)12(11)10-4-8(2)6-14-10/h3-6H,1-2H3. The third-order valence-electron chi connectivity index (χ3n) is 1.82. The van der Waals surface area contributed by atoms with Crippen molar-refractivity contribution in [1.82, 2.24) is 0 Å². The van der Waals surface area contributed by atoms with Crippen molar-refractivity contribution in [1.29, 1.82) is 0 Å². The van der Waals surface area contributed by atoms with Gasteiger partial charge in [0.05, 0.1) is 7.27 Å². The van der Waals surface area contributed by atoms with Crippen molar-refractivity contribution in [2.75, 3.05) is 0 Å². The van der Waals surface area contributed by atoms with Crippen LogP contribution in [0.15, 0.2) is 22.9 Å². The molecule has 2 aromatic heterocycles. The lowest BCUT2D eigenvalue weighted by Gasteiger charge is -2.02. The molecular weight excluding hydrogens is 251 g/mol. The zero-order chi connectivity index (χ0) is 10.1. The number of halogens is 1. The normalized spacial score (nSPS) is 11.1. The first-order valence-corrected chi connectivity index (χ1v) is 8.23. The first-order valence-electron chi connectivity index (χ1n) is 4.23. The number of hydrogen-bond acceptors (Lipinski definition) is 2. The highest BCUT2D eigenvalue weighted by molar-refractivity contribution is 8.01. The van der Waals surface area contributed by atoms with Crippen molar-refractivity contribution < 1.29 is 0 Å². The fourth-order valence-corrected chi connectivity index (χ4v) is 6.09. The maximum Gasteiger partial charge on any atom is 0.0728 e. The molecule has 2 heterocycles. The summed E-state index contributed by atoms with van der Waals surface area (Å²) < 4.78 is 2.61. The molecule has 14 heavy (non-hydrogen) atoms. The molecule has 0 unspecified atom stereocenters. The summed E-state index contributed by atoms with van der Waals surface area (Å²) in [5.41, 5.74) is 2.62. The summed E-state index contributed by atoms with van der Waals surface area (Å²) in [6.45, 7) is 4.22. The van der Waals surface area contributed by atoms with Gasteiger partial charge in [0, 0.05) is 9.24 Å². The first kappa shape index (κ1) is 10.6. The van der Waals surface area contributed by atoms with Gasteiger partial charge in [-0.2, -0.15) is 0 Å². The van der Waals surface area contributed by atoms with Crippen molar-refractivity contribution in [3.8, 4) is 0 Å². The van der Waals surface area contributed by atoms with Crippen LogP contribution in [0.25, 0.3) is 0 Å². The Morgan fingerprint density at radius 1 is 1.00 bits per heavy atom. The van der Waals surface area contributed by atoms with Crippen LogP contribution in [0, 0.1) is 13.8 Å². The predicted molar refractivity (Wildman–Crippen MR) is 70.2 cm³/mol. The van der Waals surface area contributed by atoms with E-state index in [-0.39, 0.29) is 0 Å². The molecule has 0 N–H and O–H groups in total. The van der Waals surface area contributed by atoms with E-state index < -0.39 is 7.27 Å². The predicted octanol–water partition coefficient (Wildman–Crippen LogP) is 4.01. The topological polar surface area (TPSA) is 0 Å². The Hall–Kier alpha value is 0.120. The van der Waals surface area contributed by atoms with Gasteiger partial charge in [-0.1, -0.05) is 11.2 Å². The van der Waals surface area contributed by atoms with Crippen LogP contribution in [-0.2, 0) is 0 Å². The van der Waals surface area contributed by atoms with E-state index >= 15 is 0 Å². The fourth-order valence-electron chi connectivity index (χ4n) is 1.15. The maximum atomic E-state index is 6.44. The van der Waals surface area contributed by atoms with Crippen LogP contribution in [0.1, 0.15) is 11.1 Å². The van der Waals surface area contributed by atoms with Gasteiger partial charge >= 0.3 is 0 Å². The zero-order valence-electron chi connectivity index (χ0n) is 7.95. The van der Waals surface area contributed by atoms with Gasteiger partial charge in [0.25, 0.3) is 0 Å². The molecule has 74 valence electrons. The van der Waals surface area contributed by atoms with Gasteiger partial charge in [-0.25, -0.2) is 0 Å². The number of rotatable bonds is 2. The van der Waals surface area contributed by atoms with E-state index in [2.05, 4.69) is 36.7 Å². The van der Waals surface area contributed by atoms with Crippen molar-refractivity contribution >= 4 is 50.4 Å². The van der Waals surface area contributed by atoms with Gasteiger partial charge in [0.2, 0.25) is 0 Å². The Morgan fingerprint density at radius 2 is 1.43 bits per heavy atom. The van der Waals surface area contributed by atoms with Gasteiger partial charge in [0.1, 0.15) is 0 Å². The van der Waals surface area contributed by atoms with Crippen LogP contribution in [0.2, 0.25) is 0 Å². The average molecular weight is 261 g/mol. The second-order valence-corrected chi connectivity index (χ2v) is 8.17. The van der Waals surface area contributed by atoms with E-state index in [0.717, 1.165) is 0 Å². The molecule has 0 saturated heterocycles. The summed E-state index contributed by atoms with van der Waals surface area (Å²) in [5.74, 6) is 0. The van der Waals surface area contributed by atoms with E-state index in [4.69, 9.17) is 11.2 Å². The summed E-state index contributed by atoms with van der Waals surface area (Å²) in [7, 11) is -0.620. The first-order chi connectivity index (χ1) is 6.66. The molecule has 4 heteroatoms. The van der Waals surface area contributed by atoms with Crippen LogP contribution >= 0.6 is 41.2 Å². The van der Waals surface area contributed by atoms with E-state index in [1.165, 1.54) is 20.4 Å². The van der Waals surface area contributed by atoms with Gasteiger partial charge in [-0.15, -0.1) is 22.7 Å². The molecule has 0 aliphatic heterocycles. The number of thiophene rings is 2. The highest BCUT2D eigenvalue weighted by Gasteiger charge is 2.14. The quantitative estimate of drug-likeness (QED) is 0.716. The van der Waals surface area contributed by atoms with Gasteiger partial charge in [0.15, 0.2) is 0 Å². The molecule has 2 rings (SSSR count). The third-order valence-corrected chi connectivity index (χ3v) is 7.97. The van der Waals surface area contributed by atoms with Crippen LogP contribution in [0.5, 0.6) is 0 Å². The SMILES string of the molecule is Cc1csc(P(Cl)c2cc(C)cs2)c1. The Morgan fingerprint density at radius 3 is 1.71 bits per heavy atom. The summed E-state index contributed by atoms with van der Waals surface area (Å²) in [6.07, 6.45) is 0. The van der Waals surface area contributed by atoms with Crippen molar-refractivity contribution in [2.24, 2.45) is 0 Å². The maximum absolute atomic E-state index is 6.44. The highest BCUT2D eigenvalue weighted by Crippen LogP contribution is 2.42. The molecule has 0 aliphatic rings. The van der Waals surface area contributed by atoms with Crippen LogP contribution < -0.4 is 9.24 Å². The lowest BCUT2D eigenvalue weighted by molar-refractivity contribution is 1.56. The molecule has 0 aromatic carbocycles. The molecule has 0 nitrogen and oxygen atoms in total. The molecule has 0 atom stereocenters. The van der Waals surface area contributed by atoms with Crippen molar-refractivity contribution in [3.63, 3.8) is 0 Å². The number of aryl methyl sites for hydroxylation is 2. The molecule has 0 radical (unpaired) electrons. The molecule has 2 aromatic rings. The van der Waals surface area contributed by atoms with E-state index in [9.17, 15) is 0 Å². The summed E-state index contributed by atoms with van der Waals surface area (Å²) in [4.78, 5) is 0. The summed E-state index contributed by atoms with van der Waals surface area (Å²) >= 11 is 9.97. The van der Waals surface area contributed by atoms with Gasteiger partial charge in [-0.05, 0) is 47.9 Å². The molecular formula is C10H10ClPS2. The molecule has 0 fully saturated rings. The smallest absolute Gasteiger partial charge is 0.0728 e. The Balaban J connectivity index is 2.28. The minimum absolute atomic E-state index is 0.620. The summed E-state index contributed by atoms with van der Waals surface area (Å²) in [5, 5.41) is 4.32. The average Bonchev–Trinajstić information content (AvgIpc) is 2.73. The monoisotopic (exact) mass is 260 g/mol. The van der Waals surface area contributed by atoms with Gasteiger partial charge in [-0.3, -0.25) is 0 Å². The Bertz CT molecular complexity index is 393. The fraction of sp³-hybridized carbons (Fsp3) is 0.200. The molecule has 0 saturated carbocycles. The second kappa shape index (κ2) is 4.32. The Labute approximate surface area is 98.1 Å². The van der Waals surface area contributed by atoms with E-state index in [0.29, 0.717) is 0 Å². The molecule has 0 bridgehead atoms. The minimum atomic E-state index is -0.620. The second-order valence-electron chi connectivity index (χ2n) is 3.21. The molecule has 0 amide bonds. The third kappa shape index (κ3) is 2.20. The van der Waals surface area contributed by atoms with Gasteiger partial charge < -0.3 is 0 Å². The zero-order valence-corrected chi connectivity index (χ0v) is 11.2.